The van der Waals surface area contributed by atoms with Crippen molar-refractivity contribution in [1.29, 1.82) is 0 Å². The summed E-state index contributed by atoms with van der Waals surface area (Å²) >= 11 is 0. The van der Waals surface area contributed by atoms with Crippen LogP contribution in [0.1, 0.15) is 30.9 Å². The van der Waals surface area contributed by atoms with E-state index in [-0.39, 0.29) is 0 Å². The molecule has 0 saturated heterocycles. The molecule has 1 fully saturated rings. The zero-order valence-corrected chi connectivity index (χ0v) is 15.1. The molecule has 6 rings (SSSR count). The average molecular weight is 370 g/mol. The molecule has 138 valence electrons. The Labute approximate surface area is 161 Å². The molecule has 1 aliphatic heterocycles. The fourth-order valence-electron chi connectivity index (χ4n) is 3.89. The largest absolute Gasteiger partial charge is 0.454 e. The predicted octanol–water partition coefficient (Wildman–Crippen LogP) is 4.72. The van der Waals surface area contributed by atoms with Crippen LogP contribution < -0.4 is 15.8 Å². The molecule has 28 heavy (non-hydrogen) atoms. The van der Waals surface area contributed by atoms with E-state index in [2.05, 4.69) is 25.5 Å². The van der Waals surface area contributed by atoms with Crippen molar-refractivity contribution in [3.63, 3.8) is 0 Å². The van der Waals surface area contributed by atoms with E-state index in [9.17, 15) is 0 Å². The Hall–Kier alpha value is -3.61. The first-order valence-corrected chi connectivity index (χ1v) is 9.45. The van der Waals surface area contributed by atoms with Crippen molar-refractivity contribution in [1.82, 2.24) is 20.2 Å². The first kappa shape index (κ1) is 15.4. The van der Waals surface area contributed by atoms with Crippen molar-refractivity contribution in [3.8, 4) is 22.8 Å². The third-order valence-electron chi connectivity index (χ3n) is 5.57. The zero-order chi connectivity index (χ0) is 18.7. The number of aromatic nitrogens is 4. The number of nitrogens with zero attached hydrogens (tertiary/aromatic N) is 3. The Morgan fingerprint density at radius 3 is 2.79 bits per heavy atom. The summed E-state index contributed by atoms with van der Waals surface area (Å²) < 4.78 is 6.24. The number of nitrogen functional groups attached to an aromatic ring is 1. The van der Waals surface area contributed by atoms with Crippen molar-refractivity contribution < 1.29 is 4.74 Å². The van der Waals surface area contributed by atoms with Crippen LogP contribution >= 0.6 is 0 Å². The van der Waals surface area contributed by atoms with Gasteiger partial charge in [0, 0.05) is 17.2 Å². The Morgan fingerprint density at radius 1 is 1.04 bits per heavy atom. The highest BCUT2D eigenvalue weighted by atomic mass is 16.5. The highest BCUT2D eigenvalue weighted by molar-refractivity contribution is 6.00. The smallest absolute Gasteiger partial charge is 0.220 e. The van der Waals surface area contributed by atoms with E-state index < -0.39 is 0 Å². The van der Waals surface area contributed by atoms with Crippen molar-refractivity contribution in [2.24, 2.45) is 0 Å². The first-order chi connectivity index (χ1) is 13.7. The number of para-hydroxylation sites is 2. The van der Waals surface area contributed by atoms with Crippen LogP contribution in [0.3, 0.4) is 0 Å². The van der Waals surface area contributed by atoms with Gasteiger partial charge in [-0.2, -0.15) is 5.10 Å². The van der Waals surface area contributed by atoms with E-state index in [1.165, 1.54) is 6.42 Å². The highest BCUT2D eigenvalue weighted by Crippen LogP contribution is 2.44. The number of benzene rings is 2. The number of ether oxygens (including phenoxy) is 1. The molecule has 0 bridgehead atoms. The number of nitrogens with one attached hydrogen (secondary N) is 2. The lowest BCUT2D eigenvalue weighted by molar-refractivity contribution is 0.411. The van der Waals surface area contributed by atoms with Crippen LogP contribution in [-0.4, -0.2) is 20.2 Å². The van der Waals surface area contributed by atoms with Gasteiger partial charge in [0.05, 0.1) is 22.3 Å². The summed E-state index contributed by atoms with van der Waals surface area (Å²) in [5.41, 5.74) is 10.5. The maximum Gasteiger partial charge on any atom is 0.220 e. The Bertz CT molecular complexity index is 1230. The van der Waals surface area contributed by atoms with Gasteiger partial charge in [-0.3, -0.25) is 5.10 Å². The van der Waals surface area contributed by atoms with E-state index in [0.29, 0.717) is 11.9 Å². The van der Waals surface area contributed by atoms with Gasteiger partial charge in [-0.15, -0.1) is 0 Å². The molecule has 2 aromatic carbocycles. The third kappa shape index (κ3) is 2.32. The Kier molecular flexibility index (Phi) is 3.14. The van der Waals surface area contributed by atoms with Crippen LogP contribution in [0.15, 0.2) is 42.5 Å². The molecule has 2 aromatic heterocycles. The van der Waals surface area contributed by atoms with Crippen LogP contribution in [0.5, 0.6) is 11.5 Å². The summed E-state index contributed by atoms with van der Waals surface area (Å²) in [6.07, 6.45) is 3.57. The molecule has 7 heteroatoms. The average Bonchev–Trinajstić information content (AvgIpc) is 2.96. The number of hydrogen-bond acceptors (Lipinski definition) is 6. The number of nitrogens with two attached hydrogens (primary N) is 1. The zero-order valence-electron chi connectivity index (χ0n) is 15.1. The summed E-state index contributed by atoms with van der Waals surface area (Å²) in [6.45, 7) is 0. The normalized spacial score (nSPS) is 15.3. The van der Waals surface area contributed by atoms with E-state index in [0.717, 1.165) is 63.7 Å². The molecule has 0 radical (unpaired) electrons. The van der Waals surface area contributed by atoms with Crippen LogP contribution in [0.2, 0.25) is 0 Å². The second-order valence-corrected chi connectivity index (χ2v) is 7.36. The second kappa shape index (κ2) is 5.69. The van der Waals surface area contributed by atoms with E-state index in [1.807, 2.05) is 42.5 Å². The fraction of sp³-hybridized carbons (Fsp3) is 0.190. The van der Waals surface area contributed by atoms with Gasteiger partial charge in [-0.1, -0.05) is 18.6 Å². The topological polar surface area (TPSA) is 102 Å². The molecule has 0 spiro atoms. The van der Waals surface area contributed by atoms with Crippen molar-refractivity contribution >= 4 is 28.4 Å². The highest BCUT2D eigenvalue weighted by Gasteiger charge is 2.24. The van der Waals surface area contributed by atoms with Gasteiger partial charge in [-0.05, 0) is 43.2 Å². The molecule has 4 N–H and O–H groups in total. The van der Waals surface area contributed by atoms with Crippen LogP contribution in [0, 0.1) is 0 Å². The van der Waals surface area contributed by atoms with E-state index >= 15 is 0 Å². The summed E-state index contributed by atoms with van der Waals surface area (Å²) in [4.78, 5) is 8.93. The third-order valence-corrected chi connectivity index (χ3v) is 5.57. The summed E-state index contributed by atoms with van der Waals surface area (Å²) in [7, 11) is 0. The minimum atomic E-state index is 0.309. The molecule has 4 aromatic rings. The van der Waals surface area contributed by atoms with Crippen molar-refractivity contribution in [3.05, 3.63) is 48.2 Å². The lowest BCUT2D eigenvalue weighted by Gasteiger charge is -2.25. The maximum absolute atomic E-state index is 6.24. The lowest BCUT2D eigenvalue weighted by atomic mass is 9.82. The second-order valence-electron chi connectivity index (χ2n) is 7.36. The number of fused-ring (bicyclic) bond motifs is 1. The number of H-pyrrole nitrogens is 1. The molecule has 0 atom stereocenters. The van der Waals surface area contributed by atoms with Gasteiger partial charge in [0.2, 0.25) is 5.95 Å². The fourth-order valence-corrected chi connectivity index (χ4v) is 3.89. The van der Waals surface area contributed by atoms with E-state index in [1.54, 1.807) is 0 Å². The van der Waals surface area contributed by atoms with Gasteiger partial charge in [0.15, 0.2) is 11.6 Å². The number of hydrogen-bond donors (Lipinski definition) is 3. The summed E-state index contributed by atoms with van der Waals surface area (Å²) in [6, 6.07) is 13.9. The summed E-state index contributed by atoms with van der Waals surface area (Å²) in [5, 5.41) is 11.8. The van der Waals surface area contributed by atoms with Crippen molar-refractivity contribution in [2.75, 3.05) is 11.1 Å². The number of anilines is 3. The molecule has 1 aliphatic carbocycles. The predicted molar refractivity (Wildman–Crippen MR) is 108 cm³/mol. The molecule has 0 amide bonds. The van der Waals surface area contributed by atoms with Crippen LogP contribution in [-0.2, 0) is 0 Å². The minimum Gasteiger partial charge on any atom is -0.454 e. The lowest BCUT2D eigenvalue weighted by Crippen LogP contribution is -2.12. The quantitative estimate of drug-likeness (QED) is 0.416. The molecule has 3 heterocycles. The van der Waals surface area contributed by atoms with Crippen LogP contribution in [0.4, 0.5) is 17.5 Å². The molecular formula is C21H18N6O. The number of aromatic amines is 1. The van der Waals surface area contributed by atoms with Gasteiger partial charge in [0.1, 0.15) is 5.75 Å². The maximum atomic E-state index is 6.24. The molecule has 2 aliphatic rings. The molecule has 7 nitrogen and oxygen atoms in total. The Balaban J connectivity index is 1.52. The van der Waals surface area contributed by atoms with Gasteiger partial charge in [-0.25, -0.2) is 9.97 Å². The van der Waals surface area contributed by atoms with Gasteiger partial charge in [0.25, 0.3) is 0 Å². The van der Waals surface area contributed by atoms with Gasteiger partial charge < -0.3 is 15.8 Å². The van der Waals surface area contributed by atoms with Gasteiger partial charge >= 0.3 is 0 Å². The first-order valence-electron chi connectivity index (χ1n) is 9.45. The monoisotopic (exact) mass is 370 g/mol. The van der Waals surface area contributed by atoms with Crippen molar-refractivity contribution in [2.45, 2.75) is 25.2 Å². The van der Waals surface area contributed by atoms with E-state index in [4.69, 9.17) is 10.5 Å². The molecule has 1 saturated carbocycles. The summed E-state index contributed by atoms with van der Waals surface area (Å²) in [5.74, 6) is 3.04. The number of rotatable bonds is 2. The standard InChI is InChI=1S/C21H18N6O/c22-21-24-14(11-4-3-5-11)10-15(25-21)12-8-16-19-18(9-12)28-17-7-2-1-6-13(17)23-20(19)27-26-16/h1-2,6-11H,3-5H2,(H2,22,24,25)(H2,23,26,27). The Morgan fingerprint density at radius 2 is 1.93 bits per heavy atom. The minimum absolute atomic E-state index is 0.309. The molecular weight excluding hydrogens is 352 g/mol. The molecule has 0 unspecified atom stereocenters. The van der Waals surface area contributed by atoms with Crippen LogP contribution in [0.25, 0.3) is 22.2 Å². The SMILES string of the molecule is Nc1nc(-c2cc3c4c(n[nH]c4c2)Nc2ccccc2O3)cc(C2CCC2)n1.